The quantitative estimate of drug-likeness (QED) is 0.904. The lowest BCUT2D eigenvalue weighted by Gasteiger charge is -2.27. The van der Waals surface area contributed by atoms with Gasteiger partial charge < -0.3 is 10.1 Å². The normalized spacial score (nSPS) is 18.8. The second kappa shape index (κ2) is 6.50. The molecule has 1 aliphatic heterocycles. The average Bonchev–Trinajstić information content (AvgIpc) is 2.38. The van der Waals surface area contributed by atoms with E-state index in [1.54, 1.807) is 12.1 Å². The van der Waals surface area contributed by atoms with Crippen molar-refractivity contribution >= 4 is 11.6 Å². The van der Waals surface area contributed by atoms with Gasteiger partial charge in [-0.1, -0.05) is 17.7 Å². The van der Waals surface area contributed by atoms with Gasteiger partial charge in [0.2, 0.25) is 0 Å². The fourth-order valence-corrected chi connectivity index (χ4v) is 2.83. The van der Waals surface area contributed by atoms with E-state index in [9.17, 15) is 4.39 Å². The van der Waals surface area contributed by atoms with E-state index in [0.29, 0.717) is 16.5 Å². The van der Waals surface area contributed by atoms with Gasteiger partial charge in [-0.05, 0) is 44.4 Å². The summed E-state index contributed by atoms with van der Waals surface area (Å²) in [7, 11) is 1.85. The van der Waals surface area contributed by atoms with Crippen LogP contribution >= 0.6 is 11.6 Å². The van der Waals surface area contributed by atoms with Gasteiger partial charge in [-0.2, -0.15) is 0 Å². The second-order valence-corrected chi connectivity index (χ2v) is 5.18. The summed E-state index contributed by atoms with van der Waals surface area (Å²) in [6, 6.07) is 4.83. The van der Waals surface area contributed by atoms with E-state index >= 15 is 0 Å². The van der Waals surface area contributed by atoms with Crippen molar-refractivity contribution in [3.63, 3.8) is 0 Å². The number of halogens is 2. The molecule has 18 heavy (non-hydrogen) atoms. The molecule has 1 aromatic carbocycles. The summed E-state index contributed by atoms with van der Waals surface area (Å²) in [4.78, 5) is 0. The largest absolute Gasteiger partial charge is 0.381 e. The molecular weight excluding hydrogens is 253 g/mol. The molecule has 4 heteroatoms. The van der Waals surface area contributed by atoms with E-state index in [2.05, 4.69) is 5.32 Å². The van der Waals surface area contributed by atoms with Gasteiger partial charge in [0.1, 0.15) is 5.82 Å². The van der Waals surface area contributed by atoms with Crippen LogP contribution in [-0.4, -0.2) is 20.3 Å². The van der Waals surface area contributed by atoms with Gasteiger partial charge >= 0.3 is 0 Å². The molecule has 0 radical (unpaired) electrons. The van der Waals surface area contributed by atoms with Crippen molar-refractivity contribution in [3.8, 4) is 0 Å². The standard InChI is InChI=1S/C14H19ClFNO/c1-17-13(9-10-5-7-18-8-6-10)14-11(15)3-2-4-12(14)16/h2-4,10,13,17H,5-9H2,1H3. The minimum absolute atomic E-state index is 0.0261. The molecule has 0 aromatic heterocycles. The first-order valence-corrected chi connectivity index (χ1v) is 6.79. The predicted octanol–water partition coefficient (Wildman–Crippen LogP) is 3.56. The minimum atomic E-state index is -0.228. The van der Waals surface area contributed by atoms with Crippen molar-refractivity contribution < 1.29 is 9.13 Å². The molecule has 1 aliphatic rings. The zero-order valence-corrected chi connectivity index (χ0v) is 11.3. The number of benzene rings is 1. The fraction of sp³-hybridized carbons (Fsp3) is 0.571. The Kier molecular flexibility index (Phi) is 4.98. The SMILES string of the molecule is CNC(CC1CCOCC1)c1c(F)cccc1Cl. The lowest BCUT2D eigenvalue weighted by atomic mass is 9.89. The lowest BCUT2D eigenvalue weighted by molar-refractivity contribution is 0.0607. The molecule has 1 saturated heterocycles. The molecule has 0 spiro atoms. The lowest BCUT2D eigenvalue weighted by Crippen LogP contribution is -2.24. The highest BCUT2D eigenvalue weighted by atomic mass is 35.5. The van der Waals surface area contributed by atoms with Crippen LogP contribution in [0.1, 0.15) is 30.9 Å². The molecule has 1 atom stereocenters. The molecule has 0 bridgehead atoms. The van der Waals surface area contributed by atoms with Crippen LogP contribution in [0.5, 0.6) is 0 Å². The van der Waals surface area contributed by atoms with Crippen LogP contribution in [0.15, 0.2) is 18.2 Å². The van der Waals surface area contributed by atoms with E-state index in [0.717, 1.165) is 32.5 Å². The summed E-state index contributed by atoms with van der Waals surface area (Å²) in [5, 5.41) is 3.68. The highest BCUT2D eigenvalue weighted by molar-refractivity contribution is 6.31. The van der Waals surface area contributed by atoms with Crippen molar-refractivity contribution in [3.05, 3.63) is 34.6 Å². The molecule has 1 heterocycles. The van der Waals surface area contributed by atoms with Crippen molar-refractivity contribution in [1.29, 1.82) is 0 Å². The number of hydrogen-bond acceptors (Lipinski definition) is 2. The summed E-state index contributed by atoms with van der Waals surface area (Å²) in [6.07, 6.45) is 3.00. The Morgan fingerprint density at radius 3 is 2.78 bits per heavy atom. The van der Waals surface area contributed by atoms with Crippen LogP contribution in [0.4, 0.5) is 4.39 Å². The third-order valence-corrected chi connectivity index (χ3v) is 3.94. The van der Waals surface area contributed by atoms with E-state index in [1.165, 1.54) is 6.07 Å². The van der Waals surface area contributed by atoms with Crippen molar-refractivity contribution in [2.45, 2.75) is 25.3 Å². The van der Waals surface area contributed by atoms with Crippen molar-refractivity contribution in [2.24, 2.45) is 5.92 Å². The first-order chi connectivity index (χ1) is 8.72. The second-order valence-electron chi connectivity index (χ2n) is 4.77. The Hall–Kier alpha value is -0.640. The number of rotatable bonds is 4. The third-order valence-electron chi connectivity index (χ3n) is 3.61. The van der Waals surface area contributed by atoms with Crippen molar-refractivity contribution in [1.82, 2.24) is 5.32 Å². The molecule has 0 saturated carbocycles. The molecule has 1 N–H and O–H groups in total. The van der Waals surface area contributed by atoms with Gasteiger partial charge in [0.25, 0.3) is 0 Å². The molecule has 0 aliphatic carbocycles. The Bertz CT molecular complexity index is 373. The first-order valence-electron chi connectivity index (χ1n) is 6.41. The Morgan fingerprint density at radius 2 is 2.17 bits per heavy atom. The van der Waals surface area contributed by atoms with Gasteiger partial charge in [0.15, 0.2) is 0 Å². The maximum atomic E-state index is 13.9. The zero-order chi connectivity index (χ0) is 13.0. The van der Waals surface area contributed by atoms with Gasteiger partial charge in [0, 0.05) is 29.8 Å². The highest BCUT2D eigenvalue weighted by Crippen LogP contribution is 2.32. The summed E-state index contributed by atoms with van der Waals surface area (Å²) in [5.41, 5.74) is 0.591. The number of ether oxygens (including phenoxy) is 1. The van der Waals surface area contributed by atoms with Crippen LogP contribution in [-0.2, 0) is 4.74 Å². The fourth-order valence-electron chi connectivity index (χ4n) is 2.54. The Balaban J connectivity index is 2.12. The number of nitrogens with one attached hydrogen (secondary N) is 1. The molecule has 1 fully saturated rings. The zero-order valence-electron chi connectivity index (χ0n) is 10.6. The molecule has 2 nitrogen and oxygen atoms in total. The molecule has 2 rings (SSSR count). The first kappa shape index (κ1) is 13.8. The smallest absolute Gasteiger partial charge is 0.129 e. The van der Waals surface area contributed by atoms with E-state index < -0.39 is 0 Å². The molecular formula is C14H19ClFNO. The van der Waals surface area contributed by atoms with E-state index in [4.69, 9.17) is 16.3 Å². The van der Waals surface area contributed by atoms with Crippen molar-refractivity contribution in [2.75, 3.05) is 20.3 Å². The molecule has 1 unspecified atom stereocenters. The van der Waals surface area contributed by atoms with Crippen LogP contribution in [0.2, 0.25) is 5.02 Å². The molecule has 0 amide bonds. The summed E-state index contributed by atoms with van der Waals surface area (Å²) < 4.78 is 19.2. The average molecular weight is 272 g/mol. The summed E-state index contributed by atoms with van der Waals surface area (Å²) >= 11 is 6.12. The van der Waals surface area contributed by atoms with Crippen LogP contribution in [0.3, 0.4) is 0 Å². The van der Waals surface area contributed by atoms with E-state index in [-0.39, 0.29) is 11.9 Å². The predicted molar refractivity (Wildman–Crippen MR) is 71.4 cm³/mol. The Morgan fingerprint density at radius 1 is 1.44 bits per heavy atom. The Labute approximate surface area is 112 Å². The van der Waals surface area contributed by atoms with Crippen LogP contribution in [0, 0.1) is 11.7 Å². The number of hydrogen-bond donors (Lipinski definition) is 1. The summed E-state index contributed by atoms with van der Waals surface area (Å²) in [6.45, 7) is 1.62. The van der Waals surface area contributed by atoms with E-state index in [1.807, 2.05) is 7.05 Å². The maximum absolute atomic E-state index is 13.9. The molecule has 100 valence electrons. The topological polar surface area (TPSA) is 21.3 Å². The van der Waals surface area contributed by atoms with Crippen LogP contribution in [0.25, 0.3) is 0 Å². The minimum Gasteiger partial charge on any atom is -0.381 e. The monoisotopic (exact) mass is 271 g/mol. The summed E-state index contributed by atoms with van der Waals surface area (Å²) in [5.74, 6) is 0.348. The van der Waals surface area contributed by atoms with Gasteiger partial charge in [-0.15, -0.1) is 0 Å². The molecule has 1 aromatic rings. The van der Waals surface area contributed by atoms with Gasteiger partial charge in [-0.25, -0.2) is 4.39 Å². The maximum Gasteiger partial charge on any atom is 0.129 e. The van der Waals surface area contributed by atoms with Crippen LogP contribution < -0.4 is 5.32 Å². The third kappa shape index (κ3) is 3.22. The highest BCUT2D eigenvalue weighted by Gasteiger charge is 2.23. The van der Waals surface area contributed by atoms with Gasteiger partial charge in [0.05, 0.1) is 0 Å². The van der Waals surface area contributed by atoms with Gasteiger partial charge in [-0.3, -0.25) is 0 Å².